The Kier molecular flexibility index (Phi) is 2.13. The molecule has 1 aliphatic rings. The Hall–Kier alpha value is -0.260. The molecule has 0 aromatic carbocycles. The third-order valence-corrected chi connectivity index (χ3v) is 3.90. The maximum Gasteiger partial charge on any atom is -0.0180 e. The topological polar surface area (TPSA) is 0 Å². The van der Waals surface area contributed by atoms with Crippen molar-refractivity contribution in [1.82, 2.24) is 0 Å². The minimum absolute atomic E-state index is 0.468. The highest BCUT2D eigenvalue weighted by Crippen LogP contribution is 2.46. The van der Waals surface area contributed by atoms with Crippen LogP contribution in [0, 0.1) is 17.3 Å². The second-order valence-corrected chi connectivity index (χ2v) is 4.64. The first-order valence-electron chi connectivity index (χ1n) is 4.64. The van der Waals surface area contributed by atoms with Crippen LogP contribution in [0.5, 0.6) is 0 Å². The normalized spacial score (nSPS) is 37.3. The minimum Gasteiger partial charge on any atom is -0.0996 e. The number of allylic oxidation sites excluding steroid dienone is 1. The molecule has 1 rings (SSSR count). The van der Waals surface area contributed by atoms with E-state index < -0.39 is 0 Å². The summed E-state index contributed by atoms with van der Waals surface area (Å²) in [5.41, 5.74) is 1.92. The van der Waals surface area contributed by atoms with E-state index >= 15 is 0 Å². The summed E-state index contributed by atoms with van der Waals surface area (Å²) in [6.07, 6.45) is 2.57. The van der Waals surface area contributed by atoms with Crippen LogP contribution in [0.25, 0.3) is 0 Å². The molecule has 0 aromatic heterocycles. The van der Waals surface area contributed by atoms with Gasteiger partial charge in [-0.25, -0.2) is 0 Å². The second kappa shape index (κ2) is 2.66. The molecule has 0 heterocycles. The van der Waals surface area contributed by atoms with Crippen molar-refractivity contribution in [2.75, 3.05) is 0 Å². The Morgan fingerprint density at radius 2 is 1.91 bits per heavy atom. The molecule has 0 spiro atoms. The fraction of sp³-hybridized carbons (Fsp3) is 0.818. The molecule has 0 radical (unpaired) electrons. The molecule has 0 bridgehead atoms. The molecule has 1 fully saturated rings. The van der Waals surface area contributed by atoms with Gasteiger partial charge in [-0.05, 0) is 30.1 Å². The number of hydrogen-bond acceptors (Lipinski definition) is 0. The van der Waals surface area contributed by atoms with Gasteiger partial charge in [0.15, 0.2) is 0 Å². The van der Waals surface area contributed by atoms with E-state index in [0.717, 1.165) is 5.92 Å². The second-order valence-electron chi connectivity index (χ2n) is 4.64. The molecule has 0 aliphatic heterocycles. The van der Waals surface area contributed by atoms with Crippen LogP contribution < -0.4 is 0 Å². The molecule has 0 unspecified atom stereocenters. The zero-order valence-electron chi connectivity index (χ0n) is 8.28. The Balaban J connectivity index is 2.80. The van der Waals surface area contributed by atoms with Gasteiger partial charge < -0.3 is 0 Å². The van der Waals surface area contributed by atoms with Crippen molar-refractivity contribution < 1.29 is 0 Å². The van der Waals surface area contributed by atoms with Crippen LogP contribution in [0.1, 0.15) is 40.5 Å². The number of hydrogen-bond donors (Lipinski definition) is 0. The fourth-order valence-corrected chi connectivity index (χ4v) is 1.94. The largest absolute Gasteiger partial charge is 0.0996 e. The van der Waals surface area contributed by atoms with E-state index in [9.17, 15) is 0 Å². The van der Waals surface area contributed by atoms with Crippen molar-refractivity contribution in [3.63, 3.8) is 0 Å². The van der Waals surface area contributed by atoms with Crippen molar-refractivity contribution in [2.24, 2.45) is 17.3 Å². The molecule has 0 nitrogen and oxygen atoms in total. The van der Waals surface area contributed by atoms with Gasteiger partial charge in [0.25, 0.3) is 0 Å². The molecule has 11 heavy (non-hydrogen) atoms. The summed E-state index contributed by atoms with van der Waals surface area (Å²) >= 11 is 0. The molecule has 0 amide bonds. The van der Waals surface area contributed by atoms with Crippen molar-refractivity contribution in [1.29, 1.82) is 0 Å². The summed E-state index contributed by atoms with van der Waals surface area (Å²) < 4.78 is 0. The molecule has 0 aromatic rings. The quantitative estimate of drug-likeness (QED) is 0.465. The first kappa shape index (κ1) is 8.83. The summed E-state index contributed by atoms with van der Waals surface area (Å²) in [7, 11) is 0. The van der Waals surface area contributed by atoms with E-state index in [1.165, 1.54) is 18.4 Å². The third-order valence-electron chi connectivity index (χ3n) is 3.90. The van der Waals surface area contributed by atoms with Crippen molar-refractivity contribution in [2.45, 2.75) is 40.5 Å². The molecule has 0 saturated heterocycles. The lowest BCUT2D eigenvalue weighted by Crippen LogP contribution is -2.34. The average molecular weight is 152 g/mol. The van der Waals surface area contributed by atoms with E-state index in [4.69, 9.17) is 0 Å². The summed E-state index contributed by atoms with van der Waals surface area (Å²) in [5, 5.41) is 0. The van der Waals surface area contributed by atoms with Crippen molar-refractivity contribution in [3.8, 4) is 0 Å². The lowest BCUT2D eigenvalue weighted by molar-refractivity contribution is 0.124. The van der Waals surface area contributed by atoms with Gasteiger partial charge in [0.1, 0.15) is 0 Å². The molecule has 2 atom stereocenters. The van der Waals surface area contributed by atoms with Gasteiger partial charge in [-0.2, -0.15) is 0 Å². The van der Waals surface area contributed by atoms with Gasteiger partial charge in [0, 0.05) is 0 Å². The zero-order chi connectivity index (χ0) is 8.65. The molecule has 64 valence electrons. The highest BCUT2D eigenvalue weighted by Gasteiger charge is 2.36. The van der Waals surface area contributed by atoms with Crippen molar-refractivity contribution in [3.05, 3.63) is 12.2 Å². The molecular formula is C11H20. The Morgan fingerprint density at radius 1 is 1.36 bits per heavy atom. The average Bonchev–Trinajstić information content (AvgIpc) is 1.95. The fourth-order valence-electron chi connectivity index (χ4n) is 1.94. The predicted molar refractivity (Wildman–Crippen MR) is 50.5 cm³/mol. The van der Waals surface area contributed by atoms with Gasteiger partial charge in [-0.3, -0.25) is 0 Å². The highest BCUT2D eigenvalue weighted by atomic mass is 14.4. The molecule has 0 heteroatoms. The van der Waals surface area contributed by atoms with Gasteiger partial charge >= 0.3 is 0 Å². The predicted octanol–water partition coefficient (Wildman–Crippen LogP) is 3.63. The van der Waals surface area contributed by atoms with E-state index in [2.05, 4.69) is 34.3 Å². The van der Waals surface area contributed by atoms with Crippen molar-refractivity contribution >= 4 is 0 Å². The van der Waals surface area contributed by atoms with Gasteiger partial charge in [0.2, 0.25) is 0 Å². The zero-order valence-corrected chi connectivity index (χ0v) is 8.28. The third kappa shape index (κ3) is 1.36. The minimum atomic E-state index is 0.468. The van der Waals surface area contributed by atoms with E-state index in [0.29, 0.717) is 11.3 Å². The lowest BCUT2D eigenvalue weighted by Gasteiger charge is -2.43. The van der Waals surface area contributed by atoms with Gasteiger partial charge in [-0.15, -0.1) is 0 Å². The van der Waals surface area contributed by atoms with Crippen LogP contribution in [0.3, 0.4) is 0 Å². The summed E-state index contributed by atoms with van der Waals surface area (Å²) in [5.74, 6) is 1.55. The Morgan fingerprint density at radius 3 is 2.36 bits per heavy atom. The maximum absolute atomic E-state index is 4.13. The van der Waals surface area contributed by atoms with E-state index in [1.807, 2.05) is 0 Å². The van der Waals surface area contributed by atoms with Crippen LogP contribution in [-0.2, 0) is 0 Å². The van der Waals surface area contributed by atoms with Crippen LogP contribution in [0.4, 0.5) is 0 Å². The van der Waals surface area contributed by atoms with Gasteiger partial charge in [0.05, 0.1) is 0 Å². The molecule has 1 aliphatic carbocycles. The standard InChI is InChI=1S/C11H20/c1-8-6-7-9(2)11(4,5)10(8)3/h9-10H,1,6-7H2,2-5H3/t9-,10+/m0/s1. The molecule has 0 N–H and O–H groups in total. The lowest BCUT2D eigenvalue weighted by atomic mass is 9.62. The van der Waals surface area contributed by atoms with Crippen LogP contribution in [0.15, 0.2) is 12.2 Å². The summed E-state index contributed by atoms with van der Waals surface area (Å²) in [4.78, 5) is 0. The highest BCUT2D eigenvalue weighted by molar-refractivity contribution is 5.09. The molecule has 1 saturated carbocycles. The summed E-state index contributed by atoms with van der Waals surface area (Å²) in [6.45, 7) is 13.5. The Bertz CT molecular complexity index is 165. The first-order chi connectivity index (χ1) is 4.96. The Labute approximate surface area is 70.7 Å². The molecular weight excluding hydrogens is 132 g/mol. The van der Waals surface area contributed by atoms with E-state index in [1.54, 1.807) is 0 Å². The van der Waals surface area contributed by atoms with E-state index in [-0.39, 0.29) is 0 Å². The van der Waals surface area contributed by atoms with Crippen LogP contribution in [0.2, 0.25) is 0 Å². The smallest absolute Gasteiger partial charge is 0.0180 e. The monoisotopic (exact) mass is 152 g/mol. The first-order valence-corrected chi connectivity index (χ1v) is 4.64. The summed E-state index contributed by atoms with van der Waals surface area (Å²) in [6, 6.07) is 0. The van der Waals surface area contributed by atoms with Gasteiger partial charge in [-0.1, -0.05) is 39.8 Å². The maximum atomic E-state index is 4.13. The van der Waals surface area contributed by atoms with Crippen LogP contribution in [-0.4, -0.2) is 0 Å². The van der Waals surface area contributed by atoms with Crippen LogP contribution >= 0.6 is 0 Å². The number of rotatable bonds is 0. The SMILES string of the molecule is C=C1CC[C@H](C)C(C)(C)[C@@H]1C.